The summed E-state index contributed by atoms with van der Waals surface area (Å²) in [5.41, 5.74) is 6.13. The van der Waals surface area contributed by atoms with Crippen molar-refractivity contribution in [3.63, 3.8) is 0 Å². The van der Waals surface area contributed by atoms with E-state index in [-0.39, 0.29) is 5.03 Å². The molecule has 1 heterocycles. The molecule has 1 rings (SSSR count). The van der Waals surface area contributed by atoms with E-state index in [1.54, 1.807) is 6.07 Å². The molecule has 0 aliphatic heterocycles. The van der Waals surface area contributed by atoms with E-state index in [0.717, 1.165) is 11.8 Å². The number of pyridine rings is 1. The molecule has 13 heavy (non-hydrogen) atoms. The normalized spacial score (nSPS) is 11.6. The van der Waals surface area contributed by atoms with Gasteiger partial charge in [-0.15, -0.1) is 0 Å². The number of sulfone groups is 1. The highest BCUT2D eigenvalue weighted by Crippen LogP contribution is 2.14. The third-order valence-electron chi connectivity index (χ3n) is 1.45. The minimum Gasteiger partial charge on any atom is -0.326 e. The quantitative estimate of drug-likeness (QED) is 0.799. The maximum absolute atomic E-state index is 11.1. The first-order valence-electron chi connectivity index (χ1n) is 3.50. The van der Waals surface area contributed by atoms with Gasteiger partial charge in [-0.3, -0.25) is 0 Å². The first-order chi connectivity index (χ1) is 5.93. The first-order valence-corrected chi connectivity index (χ1v) is 6.18. The highest BCUT2D eigenvalue weighted by Gasteiger charge is 2.10. The summed E-state index contributed by atoms with van der Waals surface area (Å²) in [6.45, 7) is 0.295. The molecule has 6 heteroatoms. The van der Waals surface area contributed by atoms with Gasteiger partial charge in [-0.25, -0.2) is 13.4 Å². The van der Waals surface area contributed by atoms with E-state index in [0.29, 0.717) is 11.1 Å². The molecule has 0 bridgehead atoms. The largest absolute Gasteiger partial charge is 0.326 e. The zero-order valence-corrected chi connectivity index (χ0v) is 9.39. The summed E-state index contributed by atoms with van der Waals surface area (Å²) in [6.07, 6.45) is 1.11. The Morgan fingerprint density at radius 2 is 2.15 bits per heavy atom. The van der Waals surface area contributed by atoms with Gasteiger partial charge in [0.1, 0.15) is 4.60 Å². The summed E-state index contributed by atoms with van der Waals surface area (Å²) >= 11 is 3.12. The Kier molecular flexibility index (Phi) is 3.05. The van der Waals surface area contributed by atoms with Crippen molar-refractivity contribution < 1.29 is 8.42 Å². The average Bonchev–Trinajstić information content (AvgIpc) is 2.01. The molecule has 0 aromatic carbocycles. The highest BCUT2D eigenvalue weighted by molar-refractivity contribution is 9.10. The van der Waals surface area contributed by atoms with Gasteiger partial charge in [0.05, 0.1) is 0 Å². The van der Waals surface area contributed by atoms with Crippen molar-refractivity contribution in [1.29, 1.82) is 0 Å². The van der Waals surface area contributed by atoms with Gasteiger partial charge >= 0.3 is 0 Å². The number of hydrogen-bond acceptors (Lipinski definition) is 4. The molecule has 0 saturated heterocycles. The maximum atomic E-state index is 11.1. The fraction of sp³-hybridized carbons (Fsp3) is 0.286. The van der Waals surface area contributed by atoms with Gasteiger partial charge in [-0.1, -0.05) is 0 Å². The molecule has 72 valence electrons. The molecular formula is C7H9BrN2O2S. The summed E-state index contributed by atoms with van der Waals surface area (Å²) < 4.78 is 22.7. The van der Waals surface area contributed by atoms with Crippen molar-refractivity contribution >= 4 is 25.8 Å². The monoisotopic (exact) mass is 264 g/mol. The van der Waals surface area contributed by atoms with Crippen LogP contribution in [0.1, 0.15) is 5.56 Å². The molecule has 0 saturated carbocycles. The van der Waals surface area contributed by atoms with Crippen LogP contribution in [0.2, 0.25) is 0 Å². The molecule has 0 unspecified atom stereocenters. The summed E-state index contributed by atoms with van der Waals surface area (Å²) in [5, 5.41) is 0.0438. The molecule has 0 aliphatic rings. The molecule has 0 radical (unpaired) electrons. The second kappa shape index (κ2) is 3.73. The smallest absolute Gasteiger partial charge is 0.192 e. The topological polar surface area (TPSA) is 73.0 Å². The Hall–Kier alpha value is -0.460. The van der Waals surface area contributed by atoms with Crippen LogP contribution in [0.5, 0.6) is 0 Å². The van der Waals surface area contributed by atoms with Crippen molar-refractivity contribution in [1.82, 2.24) is 4.98 Å². The van der Waals surface area contributed by atoms with Crippen LogP contribution in [0.4, 0.5) is 0 Å². The van der Waals surface area contributed by atoms with Crippen molar-refractivity contribution in [2.45, 2.75) is 11.6 Å². The SMILES string of the molecule is CS(=O)(=O)c1cc(CN)cc(Br)n1. The molecular weight excluding hydrogens is 256 g/mol. The summed E-state index contributed by atoms with van der Waals surface area (Å²) in [4.78, 5) is 3.83. The predicted molar refractivity (Wildman–Crippen MR) is 52.9 cm³/mol. The Morgan fingerprint density at radius 1 is 1.54 bits per heavy atom. The Bertz CT molecular complexity index is 417. The molecule has 0 aliphatic carbocycles. The molecule has 0 spiro atoms. The van der Waals surface area contributed by atoms with Crippen LogP contribution in [-0.2, 0) is 16.4 Å². The van der Waals surface area contributed by atoms with Gasteiger partial charge in [0.25, 0.3) is 0 Å². The van der Waals surface area contributed by atoms with Crippen LogP contribution in [0, 0.1) is 0 Å². The minimum atomic E-state index is -3.25. The number of halogens is 1. The second-order valence-electron chi connectivity index (χ2n) is 2.61. The molecule has 0 atom stereocenters. The number of nitrogens with zero attached hydrogens (tertiary/aromatic N) is 1. The average molecular weight is 265 g/mol. The van der Waals surface area contributed by atoms with Crippen LogP contribution >= 0.6 is 15.9 Å². The van der Waals surface area contributed by atoms with Crippen molar-refractivity contribution in [3.8, 4) is 0 Å². The zero-order valence-electron chi connectivity index (χ0n) is 6.99. The third-order valence-corrected chi connectivity index (χ3v) is 2.82. The van der Waals surface area contributed by atoms with E-state index in [1.165, 1.54) is 6.07 Å². The van der Waals surface area contributed by atoms with Crippen molar-refractivity contribution in [2.24, 2.45) is 5.73 Å². The van der Waals surface area contributed by atoms with E-state index in [1.807, 2.05) is 0 Å². The van der Waals surface area contributed by atoms with Gasteiger partial charge in [-0.05, 0) is 33.6 Å². The van der Waals surface area contributed by atoms with E-state index >= 15 is 0 Å². The van der Waals surface area contributed by atoms with E-state index in [9.17, 15) is 8.42 Å². The third kappa shape index (κ3) is 2.75. The lowest BCUT2D eigenvalue weighted by molar-refractivity contribution is 0.597. The van der Waals surface area contributed by atoms with Crippen LogP contribution in [0.3, 0.4) is 0 Å². The van der Waals surface area contributed by atoms with Gasteiger partial charge in [-0.2, -0.15) is 0 Å². The fourth-order valence-corrected chi connectivity index (χ4v) is 2.06. The predicted octanol–water partition coefficient (Wildman–Crippen LogP) is 0.706. The van der Waals surface area contributed by atoms with Gasteiger partial charge in [0.15, 0.2) is 14.9 Å². The summed E-state index contributed by atoms with van der Waals surface area (Å²) in [7, 11) is -3.25. The zero-order chi connectivity index (χ0) is 10.1. The maximum Gasteiger partial charge on any atom is 0.192 e. The molecule has 0 fully saturated rings. The number of hydrogen-bond donors (Lipinski definition) is 1. The molecule has 1 aromatic heterocycles. The van der Waals surface area contributed by atoms with E-state index in [4.69, 9.17) is 5.73 Å². The minimum absolute atomic E-state index is 0.0438. The number of rotatable bonds is 2. The Morgan fingerprint density at radius 3 is 2.62 bits per heavy atom. The van der Waals surface area contributed by atoms with Crippen molar-refractivity contribution in [3.05, 3.63) is 22.3 Å². The summed E-state index contributed by atoms with van der Waals surface area (Å²) in [5.74, 6) is 0. The van der Waals surface area contributed by atoms with Crippen LogP contribution < -0.4 is 5.73 Å². The number of nitrogens with two attached hydrogens (primary N) is 1. The molecule has 0 amide bonds. The lowest BCUT2D eigenvalue weighted by Gasteiger charge is -2.01. The standard InChI is InChI=1S/C7H9BrN2O2S/c1-13(11,12)7-3-5(4-9)2-6(8)10-7/h2-3H,4,9H2,1H3. The lowest BCUT2D eigenvalue weighted by atomic mass is 10.3. The molecule has 4 nitrogen and oxygen atoms in total. The Labute approximate surface area is 85.2 Å². The van der Waals surface area contributed by atoms with Crippen LogP contribution in [0.15, 0.2) is 21.8 Å². The first kappa shape index (κ1) is 10.6. The van der Waals surface area contributed by atoms with Crippen molar-refractivity contribution in [2.75, 3.05) is 6.26 Å². The van der Waals surface area contributed by atoms with E-state index < -0.39 is 9.84 Å². The van der Waals surface area contributed by atoms with Crippen LogP contribution in [-0.4, -0.2) is 19.7 Å². The van der Waals surface area contributed by atoms with Gasteiger partial charge in [0, 0.05) is 12.8 Å². The van der Waals surface area contributed by atoms with E-state index in [2.05, 4.69) is 20.9 Å². The molecule has 2 N–H and O–H groups in total. The van der Waals surface area contributed by atoms with Gasteiger partial charge < -0.3 is 5.73 Å². The van der Waals surface area contributed by atoms with Crippen LogP contribution in [0.25, 0.3) is 0 Å². The highest BCUT2D eigenvalue weighted by atomic mass is 79.9. The molecule has 1 aromatic rings. The summed E-state index contributed by atoms with van der Waals surface area (Å²) in [6, 6.07) is 3.16. The fourth-order valence-electron chi connectivity index (χ4n) is 0.831. The second-order valence-corrected chi connectivity index (χ2v) is 5.39. The lowest BCUT2D eigenvalue weighted by Crippen LogP contribution is -2.04. The Balaban J connectivity index is 3.33. The van der Waals surface area contributed by atoms with Gasteiger partial charge in [0.2, 0.25) is 0 Å². The number of aromatic nitrogens is 1.